The van der Waals surface area contributed by atoms with Crippen molar-refractivity contribution in [1.82, 2.24) is 0 Å². The number of rotatable bonds is 3. The molecule has 0 aliphatic rings. The number of amidine groups is 1. The molecule has 0 atom stereocenters. The molecule has 0 heterocycles. The Morgan fingerprint density at radius 2 is 1.81 bits per heavy atom. The minimum Gasteiger partial charge on any atom is -0.409 e. The molecule has 0 aromatic heterocycles. The third-order valence-corrected chi connectivity index (χ3v) is 4.01. The van der Waals surface area contributed by atoms with Gasteiger partial charge in [0.05, 0.1) is 5.56 Å². The fourth-order valence-corrected chi connectivity index (χ4v) is 2.46. The number of oxime groups is 1. The summed E-state index contributed by atoms with van der Waals surface area (Å²) in [5.41, 5.74) is 7.49. The van der Waals surface area contributed by atoms with Crippen LogP contribution in [0.1, 0.15) is 15.9 Å². The van der Waals surface area contributed by atoms with Crippen LogP contribution in [0.5, 0.6) is 0 Å². The highest BCUT2D eigenvalue weighted by Crippen LogP contribution is 2.19. The highest BCUT2D eigenvalue weighted by Gasteiger charge is 2.15. The maximum Gasteiger partial charge on any atom is 0.259 e. The van der Waals surface area contributed by atoms with Crippen LogP contribution < -0.4 is 10.6 Å². The van der Waals surface area contributed by atoms with Gasteiger partial charge in [-0.2, -0.15) is 0 Å². The Morgan fingerprint density at radius 1 is 1.19 bits per heavy atom. The van der Waals surface area contributed by atoms with Gasteiger partial charge in [0.25, 0.3) is 5.91 Å². The molecule has 3 N–H and O–H groups in total. The second-order valence-electron chi connectivity index (χ2n) is 4.38. The molecule has 5 nitrogen and oxygen atoms in total. The summed E-state index contributed by atoms with van der Waals surface area (Å²) in [5, 5.41) is 11.6. The number of nitrogens with zero attached hydrogens (tertiary/aromatic N) is 2. The maximum atomic E-state index is 12.5. The summed E-state index contributed by atoms with van der Waals surface area (Å²) in [6.07, 6.45) is 0. The molecule has 0 spiro atoms. The van der Waals surface area contributed by atoms with E-state index in [1.807, 2.05) is 18.2 Å². The fourth-order valence-electron chi connectivity index (χ4n) is 1.85. The highest BCUT2D eigenvalue weighted by molar-refractivity contribution is 14.1. The lowest BCUT2D eigenvalue weighted by Gasteiger charge is -2.18. The average Bonchev–Trinajstić information content (AvgIpc) is 2.53. The predicted octanol–water partition coefficient (Wildman–Crippen LogP) is 2.66. The van der Waals surface area contributed by atoms with E-state index in [1.54, 1.807) is 42.3 Å². The number of benzene rings is 2. The molecule has 108 valence electrons. The van der Waals surface area contributed by atoms with Crippen LogP contribution >= 0.6 is 22.6 Å². The van der Waals surface area contributed by atoms with Crippen molar-refractivity contribution < 1.29 is 10.0 Å². The predicted molar refractivity (Wildman–Crippen MR) is 90.8 cm³/mol. The van der Waals surface area contributed by atoms with E-state index in [0.29, 0.717) is 11.1 Å². The third-order valence-electron chi connectivity index (χ3n) is 3.07. The van der Waals surface area contributed by atoms with E-state index >= 15 is 0 Å². The first kappa shape index (κ1) is 15.3. The van der Waals surface area contributed by atoms with E-state index in [1.165, 1.54) is 0 Å². The largest absolute Gasteiger partial charge is 0.409 e. The number of hydrogen-bond donors (Lipinski definition) is 2. The van der Waals surface area contributed by atoms with Crippen molar-refractivity contribution in [3.05, 3.63) is 63.2 Å². The third kappa shape index (κ3) is 3.33. The Bertz CT molecular complexity index is 684. The lowest BCUT2D eigenvalue weighted by atomic mass is 10.1. The number of hydrogen-bond acceptors (Lipinski definition) is 3. The molecule has 2 aromatic carbocycles. The summed E-state index contributed by atoms with van der Waals surface area (Å²) in [5.74, 6) is -0.0512. The Morgan fingerprint density at radius 3 is 2.38 bits per heavy atom. The summed E-state index contributed by atoms with van der Waals surface area (Å²) in [4.78, 5) is 14.0. The molecule has 21 heavy (non-hydrogen) atoms. The number of amides is 1. The molecule has 1 amide bonds. The molecule has 0 radical (unpaired) electrons. The van der Waals surface area contributed by atoms with Gasteiger partial charge >= 0.3 is 0 Å². The zero-order valence-electron chi connectivity index (χ0n) is 11.3. The number of halogens is 1. The number of nitrogens with two attached hydrogens (primary N) is 1. The van der Waals surface area contributed by atoms with Crippen molar-refractivity contribution in [3.8, 4) is 0 Å². The molecular weight excluding hydrogens is 381 g/mol. The Hall–Kier alpha value is -2.09. The summed E-state index contributed by atoms with van der Waals surface area (Å²) in [6, 6.07) is 14.3. The van der Waals surface area contributed by atoms with E-state index in [2.05, 4.69) is 27.7 Å². The molecule has 0 bridgehead atoms. The van der Waals surface area contributed by atoms with Crippen LogP contribution in [0.2, 0.25) is 0 Å². The highest BCUT2D eigenvalue weighted by atomic mass is 127. The smallest absolute Gasteiger partial charge is 0.259 e. The Labute approximate surface area is 136 Å². The second-order valence-corrected chi connectivity index (χ2v) is 5.54. The second kappa shape index (κ2) is 6.57. The quantitative estimate of drug-likeness (QED) is 0.276. The van der Waals surface area contributed by atoms with Crippen LogP contribution in [-0.4, -0.2) is 24.0 Å². The van der Waals surface area contributed by atoms with Crippen LogP contribution in [0, 0.1) is 3.57 Å². The SMILES string of the molecule is CN(C(=O)c1ccccc1I)c1ccc(C(N)=NO)cc1. The topological polar surface area (TPSA) is 78.9 Å². The zero-order chi connectivity index (χ0) is 15.4. The van der Waals surface area contributed by atoms with E-state index in [0.717, 1.165) is 9.26 Å². The van der Waals surface area contributed by atoms with Gasteiger partial charge in [-0.1, -0.05) is 17.3 Å². The molecule has 0 unspecified atom stereocenters. The lowest BCUT2D eigenvalue weighted by Crippen LogP contribution is -2.27. The minimum atomic E-state index is -0.0865. The lowest BCUT2D eigenvalue weighted by molar-refractivity contribution is 0.0992. The first-order valence-electron chi connectivity index (χ1n) is 6.15. The molecule has 0 saturated heterocycles. The van der Waals surface area contributed by atoms with Crippen LogP contribution in [0.3, 0.4) is 0 Å². The molecule has 0 aliphatic carbocycles. The standard InChI is InChI=1S/C15H14IN3O2/c1-19(15(20)12-4-2-3-5-13(12)16)11-8-6-10(7-9-11)14(17)18-21/h2-9,21H,1H3,(H2,17,18). The first-order chi connectivity index (χ1) is 10.0. The summed E-state index contributed by atoms with van der Waals surface area (Å²) in [7, 11) is 1.71. The maximum absolute atomic E-state index is 12.5. The van der Waals surface area contributed by atoms with E-state index < -0.39 is 0 Å². The fraction of sp³-hybridized carbons (Fsp3) is 0.0667. The Balaban J connectivity index is 2.26. The minimum absolute atomic E-state index is 0.0353. The van der Waals surface area contributed by atoms with Gasteiger partial charge in [-0.05, 0) is 59.0 Å². The summed E-state index contributed by atoms with van der Waals surface area (Å²) in [6.45, 7) is 0. The molecule has 2 aromatic rings. The molecule has 0 fully saturated rings. The number of carbonyl (C=O) groups excluding carboxylic acids is 1. The number of carbonyl (C=O) groups is 1. The van der Waals surface area contributed by atoms with Gasteiger partial charge in [-0.25, -0.2) is 0 Å². The summed E-state index contributed by atoms with van der Waals surface area (Å²) < 4.78 is 0.903. The molecule has 2 rings (SSSR count). The van der Waals surface area contributed by atoms with Gasteiger partial charge < -0.3 is 15.8 Å². The van der Waals surface area contributed by atoms with Crippen LogP contribution in [-0.2, 0) is 0 Å². The zero-order valence-corrected chi connectivity index (χ0v) is 13.5. The van der Waals surface area contributed by atoms with E-state index in [-0.39, 0.29) is 11.7 Å². The van der Waals surface area contributed by atoms with Gasteiger partial charge in [0.1, 0.15) is 0 Å². The first-order valence-corrected chi connectivity index (χ1v) is 7.23. The number of anilines is 1. The van der Waals surface area contributed by atoms with Crippen LogP contribution in [0.4, 0.5) is 5.69 Å². The average molecular weight is 395 g/mol. The Kier molecular flexibility index (Phi) is 4.79. The van der Waals surface area contributed by atoms with E-state index in [4.69, 9.17) is 10.9 Å². The van der Waals surface area contributed by atoms with Crippen molar-refractivity contribution in [3.63, 3.8) is 0 Å². The van der Waals surface area contributed by atoms with Gasteiger partial charge in [0, 0.05) is 21.9 Å². The van der Waals surface area contributed by atoms with Crippen molar-refractivity contribution in [2.24, 2.45) is 10.9 Å². The van der Waals surface area contributed by atoms with Crippen molar-refractivity contribution >= 4 is 40.0 Å². The van der Waals surface area contributed by atoms with Gasteiger partial charge in [0.15, 0.2) is 5.84 Å². The van der Waals surface area contributed by atoms with Gasteiger partial charge in [-0.3, -0.25) is 4.79 Å². The van der Waals surface area contributed by atoms with E-state index in [9.17, 15) is 4.79 Å². The van der Waals surface area contributed by atoms with Gasteiger partial charge in [0.2, 0.25) is 0 Å². The molecule has 0 saturated carbocycles. The molecule has 6 heteroatoms. The molecule has 0 aliphatic heterocycles. The van der Waals surface area contributed by atoms with Gasteiger partial charge in [-0.15, -0.1) is 0 Å². The monoisotopic (exact) mass is 395 g/mol. The van der Waals surface area contributed by atoms with Crippen LogP contribution in [0.15, 0.2) is 53.7 Å². The van der Waals surface area contributed by atoms with Crippen molar-refractivity contribution in [2.45, 2.75) is 0 Å². The van der Waals surface area contributed by atoms with Crippen LogP contribution in [0.25, 0.3) is 0 Å². The van der Waals surface area contributed by atoms with Crippen molar-refractivity contribution in [1.29, 1.82) is 0 Å². The molecular formula is C15H14IN3O2. The summed E-state index contributed by atoms with van der Waals surface area (Å²) >= 11 is 2.14. The van der Waals surface area contributed by atoms with Crippen molar-refractivity contribution in [2.75, 3.05) is 11.9 Å². The normalized spacial score (nSPS) is 11.2.